The van der Waals surface area contributed by atoms with Crippen LogP contribution >= 0.6 is 0 Å². The number of carbonyl (C=O) groups is 2. The van der Waals surface area contributed by atoms with Crippen LogP contribution in [0.15, 0.2) is 36.7 Å². The summed E-state index contributed by atoms with van der Waals surface area (Å²) < 4.78 is 1.50. The molecule has 0 spiro atoms. The highest BCUT2D eigenvalue weighted by molar-refractivity contribution is 5.91. The molecule has 1 unspecified atom stereocenters. The van der Waals surface area contributed by atoms with Gasteiger partial charge in [-0.15, -0.1) is 5.10 Å². The van der Waals surface area contributed by atoms with E-state index >= 15 is 0 Å². The highest BCUT2D eigenvalue weighted by Gasteiger charge is 2.34. The van der Waals surface area contributed by atoms with Gasteiger partial charge in [-0.3, -0.25) is 9.59 Å². The monoisotopic (exact) mass is 316 g/mol. The van der Waals surface area contributed by atoms with Gasteiger partial charge in [-0.05, 0) is 25.0 Å². The first-order valence-electron chi connectivity index (χ1n) is 7.33. The summed E-state index contributed by atoms with van der Waals surface area (Å²) in [5, 5.41) is 15.9. The predicted octanol–water partition coefficient (Wildman–Crippen LogP) is 1.89. The number of hydrogen-bond acceptors (Lipinski definition) is 4. The quantitative estimate of drug-likeness (QED) is 0.848. The topological polar surface area (TPSA) is 97.1 Å². The third-order valence-corrected chi connectivity index (χ3v) is 3.91. The van der Waals surface area contributed by atoms with Crippen LogP contribution in [-0.2, 0) is 4.79 Å². The molecule has 23 heavy (non-hydrogen) atoms. The normalized spacial score (nSPS) is 13.6. The van der Waals surface area contributed by atoms with Gasteiger partial charge in [0.25, 0.3) is 5.91 Å². The zero-order chi connectivity index (χ0) is 17.0. The molecular weight excluding hydrogens is 296 g/mol. The zero-order valence-electron chi connectivity index (χ0n) is 13.4. The van der Waals surface area contributed by atoms with Gasteiger partial charge in [0.2, 0.25) is 5.82 Å². The molecule has 2 rings (SSSR count). The predicted molar refractivity (Wildman–Crippen MR) is 84.3 cm³/mol. The summed E-state index contributed by atoms with van der Waals surface area (Å²) in [7, 11) is 0. The summed E-state index contributed by atoms with van der Waals surface area (Å²) >= 11 is 0. The lowest BCUT2D eigenvalue weighted by Crippen LogP contribution is -2.51. The van der Waals surface area contributed by atoms with Crippen LogP contribution in [0.1, 0.15) is 37.8 Å². The Hall–Kier alpha value is -2.70. The van der Waals surface area contributed by atoms with Crippen molar-refractivity contribution in [1.82, 2.24) is 20.1 Å². The maximum absolute atomic E-state index is 12.3. The number of carboxylic acids is 1. The molecule has 0 saturated heterocycles. The van der Waals surface area contributed by atoms with Crippen LogP contribution < -0.4 is 5.32 Å². The molecule has 7 nitrogen and oxygen atoms in total. The van der Waals surface area contributed by atoms with Gasteiger partial charge < -0.3 is 10.4 Å². The van der Waals surface area contributed by atoms with Gasteiger partial charge in [-0.1, -0.05) is 32.0 Å². The van der Waals surface area contributed by atoms with E-state index in [9.17, 15) is 9.59 Å². The second-order valence-electron chi connectivity index (χ2n) is 5.95. The van der Waals surface area contributed by atoms with Crippen molar-refractivity contribution < 1.29 is 14.7 Å². The van der Waals surface area contributed by atoms with Gasteiger partial charge in [0.05, 0.1) is 17.6 Å². The summed E-state index contributed by atoms with van der Waals surface area (Å²) in [5.41, 5.74) is -0.0857. The molecule has 0 aliphatic rings. The van der Waals surface area contributed by atoms with Crippen molar-refractivity contribution in [1.29, 1.82) is 0 Å². The maximum atomic E-state index is 12.3. The fourth-order valence-electron chi connectivity index (χ4n) is 2.09. The van der Waals surface area contributed by atoms with Gasteiger partial charge in [0.1, 0.15) is 6.33 Å². The standard InChI is InChI=1S/C16H20N4O3/c1-11(2)16(3,9-13(21)22)18-15(23)14-17-10-20(19-14)12-7-5-4-6-8-12/h4-8,10-11H,9H2,1-3H3,(H,18,23)(H,21,22). The molecule has 2 aromatic rings. The van der Waals surface area contributed by atoms with E-state index in [4.69, 9.17) is 5.11 Å². The van der Waals surface area contributed by atoms with Crippen LogP contribution in [0, 0.1) is 5.92 Å². The number of para-hydroxylation sites is 1. The van der Waals surface area contributed by atoms with Crippen LogP contribution in [0.25, 0.3) is 5.69 Å². The Kier molecular flexibility index (Phi) is 4.78. The molecule has 2 N–H and O–H groups in total. The van der Waals surface area contributed by atoms with Crippen LogP contribution in [0.3, 0.4) is 0 Å². The lowest BCUT2D eigenvalue weighted by Gasteiger charge is -2.32. The Balaban J connectivity index is 2.17. The van der Waals surface area contributed by atoms with Crippen molar-refractivity contribution in [3.8, 4) is 5.69 Å². The van der Waals surface area contributed by atoms with Crippen LogP contribution in [0.2, 0.25) is 0 Å². The lowest BCUT2D eigenvalue weighted by molar-refractivity contribution is -0.138. The molecule has 0 fully saturated rings. The third-order valence-electron chi connectivity index (χ3n) is 3.91. The largest absolute Gasteiger partial charge is 0.481 e. The molecule has 0 radical (unpaired) electrons. The minimum Gasteiger partial charge on any atom is -0.481 e. The van der Waals surface area contributed by atoms with Crippen molar-refractivity contribution in [3.05, 3.63) is 42.5 Å². The Morgan fingerprint density at radius 2 is 1.96 bits per heavy atom. The third kappa shape index (κ3) is 3.94. The zero-order valence-corrected chi connectivity index (χ0v) is 13.4. The van der Waals surface area contributed by atoms with Crippen molar-refractivity contribution >= 4 is 11.9 Å². The molecule has 7 heteroatoms. The molecule has 0 aliphatic heterocycles. The lowest BCUT2D eigenvalue weighted by atomic mass is 9.85. The van der Waals surface area contributed by atoms with Gasteiger partial charge in [-0.2, -0.15) is 0 Å². The smallest absolute Gasteiger partial charge is 0.305 e. The van der Waals surface area contributed by atoms with E-state index in [-0.39, 0.29) is 18.2 Å². The second kappa shape index (κ2) is 6.60. The van der Waals surface area contributed by atoms with Crippen molar-refractivity contribution in [3.63, 3.8) is 0 Å². The number of amides is 1. The first-order valence-corrected chi connectivity index (χ1v) is 7.33. The van der Waals surface area contributed by atoms with E-state index in [2.05, 4.69) is 15.4 Å². The average molecular weight is 316 g/mol. The number of aromatic nitrogens is 3. The average Bonchev–Trinajstić information content (AvgIpc) is 2.97. The Morgan fingerprint density at radius 3 is 2.52 bits per heavy atom. The maximum Gasteiger partial charge on any atom is 0.305 e. The van der Waals surface area contributed by atoms with Crippen LogP contribution in [-0.4, -0.2) is 37.3 Å². The summed E-state index contributed by atoms with van der Waals surface area (Å²) in [6, 6.07) is 9.30. The Bertz CT molecular complexity index is 696. The highest BCUT2D eigenvalue weighted by atomic mass is 16.4. The summed E-state index contributed by atoms with van der Waals surface area (Å²) in [6.07, 6.45) is 1.28. The summed E-state index contributed by atoms with van der Waals surface area (Å²) in [5.74, 6) is -1.51. The number of hydrogen-bond donors (Lipinski definition) is 2. The van der Waals surface area contributed by atoms with E-state index in [0.29, 0.717) is 0 Å². The number of nitrogens with zero attached hydrogens (tertiary/aromatic N) is 3. The van der Waals surface area contributed by atoms with E-state index in [1.807, 2.05) is 44.2 Å². The molecule has 0 saturated carbocycles. The molecule has 0 bridgehead atoms. The number of carbonyl (C=O) groups excluding carboxylic acids is 1. The number of nitrogens with one attached hydrogen (secondary N) is 1. The van der Waals surface area contributed by atoms with Crippen molar-refractivity contribution in [2.45, 2.75) is 32.7 Å². The SMILES string of the molecule is CC(C)C(C)(CC(=O)O)NC(=O)c1ncn(-c2ccccc2)n1. The van der Waals surface area contributed by atoms with E-state index in [1.165, 1.54) is 11.0 Å². The van der Waals surface area contributed by atoms with Crippen molar-refractivity contribution in [2.75, 3.05) is 0 Å². The van der Waals surface area contributed by atoms with Crippen molar-refractivity contribution in [2.24, 2.45) is 5.92 Å². The van der Waals surface area contributed by atoms with Gasteiger partial charge in [0, 0.05) is 0 Å². The first kappa shape index (κ1) is 16.7. The molecular formula is C16H20N4O3. The number of rotatable bonds is 6. The highest BCUT2D eigenvalue weighted by Crippen LogP contribution is 2.21. The number of benzene rings is 1. The Labute approximate surface area is 134 Å². The molecule has 1 amide bonds. The molecule has 0 aliphatic carbocycles. The van der Waals surface area contributed by atoms with E-state index in [0.717, 1.165) is 5.69 Å². The molecule has 1 atom stereocenters. The van der Waals surface area contributed by atoms with E-state index < -0.39 is 17.4 Å². The van der Waals surface area contributed by atoms with Gasteiger partial charge >= 0.3 is 5.97 Å². The van der Waals surface area contributed by atoms with Gasteiger partial charge in [0.15, 0.2) is 0 Å². The molecule has 1 aromatic heterocycles. The number of carboxylic acid groups (broad SMARTS) is 1. The minimum absolute atomic E-state index is 0.00566. The molecule has 1 heterocycles. The van der Waals surface area contributed by atoms with Crippen LogP contribution in [0.5, 0.6) is 0 Å². The first-order chi connectivity index (χ1) is 10.8. The Morgan fingerprint density at radius 1 is 1.30 bits per heavy atom. The fourth-order valence-corrected chi connectivity index (χ4v) is 2.09. The van der Waals surface area contributed by atoms with E-state index in [1.54, 1.807) is 6.92 Å². The summed E-state index contributed by atoms with van der Waals surface area (Å²) in [4.78, 5) is 27.4. The number of aliphatic carboxylic acids is 1. The van der Waals surface area contributed by atoms with Crippen LogP contribution in [0.4, 0.5) is 0 Å². The fraction of sp³-hybridized carbons (Fsp3) is 0.375. The van der Waals surface area contributed by atoms with Gasteiger partial charge in [-0.25, -0.2) is 9.67 Å². The second-order valence-corrected chi connectivity index (χ2v) is 5.95. The minimum atomic E-state index is -0.968. The molecule has 1 aromatic carbocycles. The summed E-state index contributed by atoms with van der Waals surface area (Å²) in [6.45, 7) is 5.43. The molecule has 122 valence electrons.